The smallest absolute Gasteiger partial charge is 0.336 e. The van der Waals surface area contributed by atoms with Crippen LogP contribution in [0, 0.1) is 6.92 Å². The molecule has 0 aliphatic carbocycles. The van der Waals surface area contributed by atoms with E-state index in [2.05, 4.69) is 31.7 Å². The summed E-state index contributed by atoms with van der Waals surface area (Å²) < 4.78 is 6.64. The van der Waals surface area contributed by atoms with Gasteiger partial charge in [-0.2, -0.15) is 0 Å². The van der Waals surface area contributed by atoms with Gasteiger partial charge in [0.1, 0.15) is 12.1 Å². The highest BCUT2D eigenvalue weighted by atomic mass is 16.4. The van der Waals surface area contributed by atoms with E-state index in [0.29, 0.717) is 5.92 Å². The summed E-state index contributed by atoms with van der Waals surface area (Å²) in [6.07, 6.45) is 0. The van der Waals surface area contributed by atoms with Crippen LogP contribution >= 0.6 is 0 Å². The maximum Gasteiger partial charge on any atom is 0.336 e. The first kappa shape index (κ1) is 15.9. The Balaban J connectivity index is 1.81. The number of hydrogen-bond donors (Lipinski definition) is 0. The van der Waals surface area contributed by atoms with Crippen molar-refractivity contribution < 1.29 is 8.90 Å². The van der Waals surface area contributed by atoms with E-state index >= 15 is 0 Å². The van der Waals surface area contributed by atoms with Gasteiger partial charge in [0.15, 0.2) is 0 Å². The third-order valence-corrected chi connectivity index (χ3v) is 6.02. The molecule has 0 spiro atoms. The van der Waals surface area contributed by atoms with E-state index in [1.807, 2.05) is 6.07 Å². The summed E-state index contributed by atoms with van der Waals surface area (Å²) in [5.41, 5.74) is 4.24. The molecule has 128 valence electrons. The molecule has 5 rings (SSSR count). The van der Waals surface area contributed by atoms with Gasteiger partial charge in [0.05, 0.1) is 19.6 Å². The molecule has 3 aliphatic rings. The predicted octanol–water partition coefficient (Wildman–Crippen LogP) is 2.87. The van der Waals surface area contributed by atoms with Crippen molar-refractivity contribution in [2.45, 2.75) is 33.2 Å². The first-order valence-corrected chi connectivity index (χ1v) is 9.10. The fourth-order valence-electron chi connectivity index (χ4n) is 4.47. The second kappa shape index (κ2) is 5.71. The minimum Gasteiger partial charge on any atom is -0.423 e. The van der Waals surface area contributed by atoms with Gasteiger partial charge in [-0.1, -0.05) is 13.8 Å². The number of piperazine rings is 3. The Kier molecular flexibility index (Phi) is 3.77. The number of rotatable bonds is 3. The molecule has 0 unspecified atom stereocenters. The zero-order chi connectivity index (χ0) is 16.9. The molecule has 3 aliphatic heterocycles. The molecule has 0 radical (unpaired) electrons. The Morgan fingerprint density at radius 1 is 1.12 bits per heavy atom. The molecule has 0 amide bonds. The Morgan fingerprint density at radius 2 is 1.79 bits per heavy atom. The summed E-state index contributed by atoms with van der Waals surface area (Å²) >= 11 is 0. The first-order valence-electron chi connectivity index (χ1n) is 9.10. The molecule has 3 saturated heterocycles. The Hall–Kier alpha value is -1.65. The van der Waals surface area contributed by atoms with Crippen LogP contribution in [-0.2, 0) is 6.54 Å². The van der Waals surface area contributed by atoms with Crippen molar-refractivity contribution in [2.75, 3.05) is 39.3 Å². The molecule has 4 nitrogen and oxygen atoms in total. The number of fused-ring (bicyclic) bond motifs is 4. The maximum absolute atomic E-state index is 12.1. The van der Waals surface area contributed by atoms with E-state index in [1.165, 1.54) is 56.0 Å². The predicted molar refractivity (Wildman–Crippen MR) is 96.3 cm³/mol. The number of hydrogen-bond acceptors (Lipinski definition) is 3. The van der Waals surface area contributed by atoms with Crippen molar-refractivity contribution in [1.29, 1.82) is 0 Å². The maximum atomic E-state index is 12.1. The first-order chi connectivity index (χ1) is 11.5. The third-order valence-electron chi connectivity index (χ3n) is 6.02. The van der Waals surface area contributed by atoms with Gasteiger partial charge in [-0.25, -0.2) is 4.79 Å². The van der Waals surface area contributed by atoms with Gasteiger partial charge in [-0.05, 0) is 36.1 Å². The van der Waals surface area contributed by atoms with Crippen molar-refractivity contribution in [3.05, 3.63) is 45.3 Å². The van der Waals surface area contributed by atoms with Gasteiger partial charge in [0, 0.05) is 36.7 Å². The van der Waals surface area contributed by atoms with E-state index in [0.717, 1.165) is 22.0 Å². The highest BCUT2D eigenvalue weighted by molar-refractivity contribution is 5.82. The van der Waals surface area contributed by atoms with Gasteiger partial charge < -0.3 is 8.90 Å². The second-order valence-electron chi connectivity index (χ2n) is 7.96. The minimum atomic E-state index is -0.219. The average molecular weight is 327 g/mol. The second-order valence-corrected chi connectivity index (χ2v) is 7.96. The molecule has 24 heavy (non-hydrogen) atoms. The zero-order valence-corrected chi connectivity index (χ0v) is 15.0. The molecule has 4 heterocycles. The summed E-state index contributed by atoms with van der Waals surface area (Å²) in [7, 11) is 0. The normalized spacial score (nSPS) is 26.4. The SMILES string of the molecule is Cc1cc2oc(=O)cc(C[N+]34CCN(CC3)CC4)c2cc1C(C)C. The lowest BCUT2D eigenvalue weighted by atomic mass is 9.94. The van der Waals surface area contributed by atoms with Crippen LogP contribution in [0.15, 0.2) is 27.4 Å². The lowest BCUT2D eigenvalue weighted by Crippen LogP contribution is -2.66. The van der Waals surface area contributed by atoms with E-state index in [1.54, 1.807) is 6.07 Å². The monoisotopic (exact) mass is 327 g/mol. The van der Waals surface area contributed by atoms with Crippen molar-refractivity contribution in [2.24, 2.45) is 0 Å². The number of aryl methyl sites for hydroxylation is 1. The van der Waals surface area contributed by atoms with Crippen molar-refractivity contribution in [3.8, 4) is 0 Å². The van der Waals surface area contributed by atoms with Crippen LogP contribution in [0.2, 0.25) is 0 Å². The molecule has 2 aromatic rings. The van der Waals surface area contributed by atoms with Crippen LogP contribution in [0.25, 0.3) is 11.0 Å². The van der Waals surface area contributed by atoms with Crippen LogP contribution < -0.4 is 5.63 Å². The highest BCUT2D eigenvalue weighted by Gasteiger charge is 2.38. The van der Waals surface area contributed by atoms with Gasteiger partial charge >= 0.3 is 5.63 Å². The molecular weight excluding hydrogens is 300 g/mol. The summed E-state index contributed by atoms with van der Waals surface area (Å²) in [5, 5.41) is 1.13. The topological polar surface area (TPSA) is 33.5 Å². The van der Waals surface area contributed by atoms with Gasteiger partial charge in [0.25, 0.3) is 0 Å². The fourth-order valence-corrected chi connectivity index (χ4v) is 4.47. The molecule has 0 N–H and O–H groups in total. The summed E-state index contributed by atoms with van der Waals surface area (Å²) in [6, 6.07) is 6.03. The molecule has 2 bridgehead atoms. The van der Waals surface area contributed by atoms with E-state index in [-0.39, 0.29) is 5.63 Å². The number of nitrogens with zero attached hydrogens (tertiary/aromatic N) is 2. The standard InChI is InChI=1S/C20H27N2O2/c1-14(2)17-12-18-16(11-20(23)24-19(18)10-15(17)3)13-22-7-4-21(5-8-22)6-9-22/h10-12,14H,4-9,13H2,1-3H3/q+1. The minimum absolute atomic E-state index is 0.219. The average Bonchev–Trinajstić information content (AvgIpc) is 2.55. The van der Waals surface area contributed by atoms with Crippen LogP contribution in [0.4, 0.5) is 0 Å². The third kappa shape index (κ3) is 2.68. The highest BCUT2D eigenvalue weighted by Crippen LogP contribution is 2.30. The van der Waals surface area contributed by atoms with Crippen molar-refractivity contribution in [1.82, 2.24) is 4.90 Å². The zero-order valence-electron chi connectivity index (χ0n) is 15.0. The molecule has 0 saturated carbocycles. The van der Waals surface area contributed by atoms with Crippen LogP contribution in [0.5, 0.6) is 0 Å². The number of benzene rings is 1. The van der Waals surface area contributed by atoms with Crippen LogP contribution in [0.3, 0.4) is 0 Å². The molecular formula is C20H27N2O2+. The van der Waals surface area contributed by atoms with E-state index in [9.17, 15) is 4.79 Å². The van der Waals surface area contributed by atoms with Gasteiger partial charge in [0.2, 0.25) is 0 Å². The van der Waals surface area contributed by atoms with E-state index in [4.69, 9.17) is 4.42 Å². The molecule has 0 atom stereocenters. The summed E-state index contributed by atoms with van der Waals surface area (Å²) in [5.74, 6) is 0.472. The molecule has 3 fully saturated rings. The lowest BCUT2D eigenvalue weighted by molar-refractivity contribution is -0.953. The largest absolute Gasteiger partial charge is 0.423 e. The van der Waals surface area contributed by atoms with Gasteiger partial charge in [-0.3, -0.25) is 4.90 Å². The van der Waals surface area contributed by atoms with Gasteiger partial charge in [-0.15, -0.1) is 0 Å². The van der Waals surface area contributed by atoms with Crippen LogP contribution in [0.1, 0.15) is 36.5 Å². The summed E-state index contributed by atoms with van der Waals surface area (Å²) in [6.45, 7) is 14.7. The molecule has 4 heteroatoms. The summed E-state index contributed by atoms with van der Waals surface area (Å²) in [4.78, 5) is 14.7. The van der Waals surface area contributed by atoms with Crippen molar-refractivity contribution >= 4 is 11.0 Å². The lowest BCUT2D eigenvalue weighted by Gasteiger charge is -2.50. The van der Waals surface area contributed by atoms with Crippen molar-refractivity contribution in [3.63, 3.8) is 0 Å². The Labute approximate surface area is 143 Å². The Bertz CT molecular complexity index is 816. The fraction of sp³-hybridized carbons (Fsp3) is 0.550. The quantitative estimate of drug-likeness (QED) is 0.642. The van der Waals surface area contributed by atoms with Crippen LogP contribution in [-0.4, -0.2) is 48.7 Å². The molecule has 1 aromatic carbocycles. The Morgan fingerprint density at radius 3 is 2.42 bits per heavy atom. The van der Waals surface area contributed by atoms with E-state index < -0.39 is 0 Å². The number of quaternary nitrogens is 1. The molecule has 1 aromatic heterocycles.